The fourth-order valence-corrected chi connectivity index (χ4v) is 18.3. The Morgan fingerprint density at radius 1 is 0.312 bits per heavy atom. The van der Waals surface area contributed by atoms with Crippen LogP contribution in [0.5, 0.6) is 0 Å². The number of rotatable bonds is 0. The van der Waals surface area contributed by atoms with E-state index in [9.17, 15) is 0 Å². The van der Waals surface area contributed by atoms with E-state index in [1.807, 2.05) is 0 Å². The minimum absolute atomic E-state index is 0.0390. The molecule has 10 aliphatic rings. The van der Waals surface area contributed by atoms with Gasteiger partial charge in [-0.3, -0.25) is 0 Å². The quantitative estimate of drug-likeness (QED) is 0.173. The number of anilines is 14. The highest BCUT2D eigenvalue weighted by Gasteiger charge is 2.54. The summed E-state index contributed by atoms with van der Waals surface area (Å²) in [6, 6.07) is 74.8. The summed E-state index contributed by atoms with van der Waals surface area (Å²) in [5, 5.41) is 17.3. The first-order valence-electron chi connectivity index (χ1n) is 28.9. The number of hydrogen-bond acceptors (Lipinski definition) is 6. The van der Waals surface area contributed by atoms with Crippen LogP contribution in [0, 0.1) is 0 Å². The molecule has 0 amide bonds. The summed E-state index contributed by atoms with van der Waals surface area (Å²) in [7, 11) is 1.68. The van der Waals surface area contributed by atoms with Gasteiger partial charge in [0.05, 0.1) is 0 Å². The van der Waals surface area contributed by atoms with Crippen molar-refractivity contribution in [3.63, 3.8) is 0 Å². The lowest BCUT2D eigenvalue weighted by molar-refractivity contribution is 1.15. The summed E-state index contributed by atoms with van der Waals surface area (Å²) >= 11 is 0. The van der Waals surface area contributed by atoms with Gasteiger partial charge in [0.2, 0.25) is 13.4 Å². The van der Waals surface area contributed by atoms with Crippen LogP contribution in [0.3, 0.4) is 0 Å². The highest BCUT2D eigenvalue weighted by Crippen LogP contribution is 2.55. The molecule has 0 aliphatic carbocycles. The molecule has 0 saturated carbocycles. The first-order valence-corrected chi connectivity index (χ1v) is 28.9. The molecular formula is C68H40B6N6. The first-order chi connectivity index (χ1) is 39.8. The summed E-state index contributed by atoms with van der Waals surface area (Å²) < 4.78 is 0. The van der Waals surface area contributed by atoms with Gasteiger partial charge in [-0.25, -0.2) is 0 Å². The van der Waals surface area contributed by atoms with Crippen molar-refractivity contribution in [1.29, 1.82) is 0 Å². The van der Waals surface area contributed by atoms with Crippen LogP contribution < -0.4 is 107 Å². The molecule has 22 rings (SSSR count). The summed E-state index contributed by atoms with van der Waals surface area (Å²) in [5.74, 6) is 0. The summed E-state index contributed by atoms with van der Waals surface area (Å²) in [4.78, 5) is 11.0. The topological polar surface area (TPSA) is 37.0 Å². The van der Waals surface area contributed by atoms with Gasteiger partial charge < -0.3 is 30.2 Å². The number of fused-ring (bicyclic) bond motifs is 27. The Hall–Kier alpha value is -9.39. The van der Waals surface area contributed by atoms with E-state index in [0.717, 1.165) is 27.4 Å². The third kappa shape index (κ3) is 4.41. The van der Waals surface area contributed by atoms with E-state index in [2.05, 4.69) is 224 Å². The summed E-state index contributed by atoms with van der Waals surface area (Å²) in [6.07, 6.45) is 1.72. The molecule has 0 radical (unpaired) electrons. The largest absolute Gasteiger partial charge is 0.356 e. The molecule has 6 nitrogen and oxygen atoms in total. The minimum Gasteiger partial charge on any atom is -0.356 e. The normalized spacial score (nSPS) is 15.8. The fraction of sp³-hybridized carbons (Fsp3) is 0.0294. The Kier molecular flexibility index (Phi) is 6.99. The zero-order chi connectivity index (χ0) is 51.1. The van der Waals surface area contributed by atoms with Crippen molar-refractivity contribution in [2.75, 3.05) is 43.1 Å². The van der Waals surface area contributed by atoms with Crippen LogP contribution in [0.2, 0.25) is 0 Å². The summed E-state index contributed by atoms with van der Waals surface area (Å²) in [6.45, 7) is 0.343. The predicted octanol–water partition coefficient (Wildman–Crippen LogP) is 4.49. The van der Waals surface area contributed by atoms with Crippen LogP contribution in [0.15, 0.2) is 194 Å². The molecule has 80 heavy (non-hydrogen) atoms. The Bertz CT molecular complexity index is 4760. The molecule has 2 N–H and O–H groups in total. The summed E-state index contributed by atoms with van der Waals surface area (Å²) in [5.41, 5.74) is 38.2. The molecule has 0 fully saturated rings. The van der Waals surface area contributed by atoms with Gasteiger partial charge in [-0.05, 0) is 125 Å². The van der Waals surface area contributed by atoms with Gasteiger partial charge in [0.1, 0.15) is 0 Å². The highest BCUT2D eigenvalue weighted by molar-refractivity contribution is 7.04. The molecule has 0 bridgehead atoms. The van der Waals surface area contributed by atoms with Gasteiger partial charge in [0, 0.05) is 114 Å². The molecule has 0 atom stereocenters. The second kappa shape index (κ2) is 13.7. The van der Waals surface area contributed by atoms with Crippen LogP contribution in [-0.4, -0.2) is 54.3 Å². The second-order valence-corrected chi connectivity index (χ2v) is 24.1. The van der Waals surface area contributed by atoms with Crippen molar-refractivity contribution in [3.8, 4) is 0 Å². The highest BCUT2D eigenvalue weighted by atomic mass is 15.2. The Balaban J connectivity index is 1.03. The molecule has 0 spiro atoms. The van der Waals surface area contributed by atoms with Gasteiger partial charge in [0.25, 0.3) is 13.4 Å². The van der Waals surface area contributed by atoms with Crippen LogP contribution in [0.25, 0.3) is 32.3 Å². The van der Waals surface area contributed by atoms with Gasteiger partial charge >= 0.3 is 0 Å². The van der Waals surface area contributed by atoms with Gasteiger partial charge in [-0.15, -0.1) is 0 Å². The third-order valence-electron chi connectivity index (χ3n) is 20.9. The van der Waals surface area contributed by atoms with Crippen molar-refractivity contribution in [1.82, 2.24) is 0 Å². The second-order valence-electron chi connectivity index (χ2n) is 24.1. The van der Waals surface area contributed by atoms with Crippen LogP contribution in [0.4, 0.5) is 79.6 Å². The number of para-hydroxylation sites is 8. The lowest BCUT2D eigenvalue weighted by Crippen LogP contribution is -2.68. The van der Waals surface area contributed by atoms with E-state index >= 15 is 0 Å². The molecule has 12 aromatic carbocycles. The number of nitrogens with zero attached hydrogens (tertiary/aromatic N) is 4. The Morgan fingerprint density at radius 3 is 1.10 bits per heavy atom. The van der Waals surface area contributed by atoms with E-state index in [0.29, 0.717) is 0 Å². The SMILES string of the molecule is B1c2ccccc2N2CB3c4ccccc4N4c5ccccc5B5c6ccccc6Nc6c5c4c3c3c2c1c1c2c4c5c7c8c2c2c(c1c63)Bc1ccccc1N2CB8c1ccccc1N7c1ccccc1B5c1ccccc1N4. The minimum atomic E-state index is 0.0390. The maximum atomic E-state index is 4.40. The third-order valence-corrected chi connectivity index (χ3v) is 20.9. The first kappa shape index (κ1) is 40.8. The van der Waals surface area contributed by atoms with Crippen LogP contribution in [-0.2, 0) is 0 Å². The molecule has 0 saturated heterocycles. The van der Waals surface area contributed by atoms with E-state index in [4.69, 9.17) is 0 Å². The average molecular weight is 1010 g/mol. The van der Waals surface area contributed by atoms with Gasteiger partial charge in [-0.1, -0.05) is 157 Å². The fourth-order valence-electron chi connectivity index (χ4n) is 18.3. The van der Waals surface area contributed by atoms with E-state index in [1.165, 1.54) is 188 Å². The van der Waals surface area contributed by atoms with Crippen molar-refractivity contribution in [2.24, 2.45) is 0 Å². The van der Waals surface area contributed by atoms with Crippen molar-refractivity contribution >= 4 is 230 Å². The predicted molar refractivity (Wildman–Crippen MR) is 347 cm³/mol. The average Bonchev–Trinajstić information content (AvgIpc) is 2.28. The Morgan fingerprint density at radius 2 is 0.662 bits per heavy atom. The molecule has 12 aromatic rings. The van der Waals surface area contributed by atoms with Crippen molar-refractivity contribution < 1.29 is 0 Å². The van der Waals surface area contributed by atoms with E-state index < -0.39 is 0 Å². The maximum Gasteiger partial charge on any atom is 0.252 e. The van der Waals surface area contributed by atoms with Crippen LogP contribution in [0.1, 0.15) is 0 Å². The molecule has 12 heteroatoms. The molecule has 0 aromatic heterocycles. The number of nitrogens with one attached hydrogen (secondary N) is 2. The van der Waals surface area contributed by atoms with Crippen molar-refractivity contribution in [3.05, 3.63) is 194 Å². The molecule has 10 aliphatic heterocycles. The number of benzene rings is 12. The van der Waals surface area contributed by atoms with Crippen LogP contribution >= 0.6 is 0 Å². The lowest BCUT2D eigenvalue weighted by atomic mass is 9.29. The van der Waals surface area contributed by atoms with Crippen molar-refractivity contribution in [2.45, 2.75) is 0 Å². The standard InChI is InChI=1S/C68H40B6N6/c1-11-27-45-35(17-1)69-57-51-52(54-55-59-67-62-64(54)76-44-26-10-4-20-38(44)74(62)42-24-8-15-31-49(42)79(67)47-29-13-5-21-39(47)71(59)33-77(45)65(55)57)58-66-56-53(51)63-61-68-60(56)72(34-78(66)46-28-12-2-18-36(46)70-58)40-22-6-14-30-48(40)80(68)50-32-16-7-23-41(50)73(61)37-19-3-9-25-43(37)75-63/h1-32,69-70,75-76H,33-34H2. The molecule has 360 valence electrons. The molecule has 10 heterocycles. The molecular weight excluding hydrogens is 966 g/mol. The molecule has 0 unspecified atom stereocenters. The van der Waals surface area contributed by atoms with Gasteiger partial charge in [0.15, 0.2) is 14.6 Å². The monoisotopic (exact) mass is 1010 g/mol. The van der Waals surface area contributed by atoms with E-state index in [1.54, 1.807) is 0 Å². The smallest absolute Gasteiger partial charge is 0.252 e. The van der Waals surface area contributed by atoms with Gasteiger partial charge in [-0.2, -0.15) is 0 Å². The zero-order valence-corrected chi connectivity index (χ0v) is 43.4. The lowest BCUT2D eigenvalue weighted by Gasteiger charge is -2.52. The number of hydrogen-bond donors (Lipinski definition) is 2. The Labute approximate surface area is 464 Å². The zero-order valence-electron chi connectivity index (χ0n) is 43.4. The maximum absolute atomic E-state index is 4.40. The van der Waals surface area contributed by atoms with E-state index in [-0.39, 0.29) is 26.9 Å².